The summed E-state index contributed by atoms with van der Waals surface area (Å²) >= 11 is 0. The van der Waals surface area contributed by atoms with Gasteiger partial charge < -0.3 is 10.2 Å². The number of halogens is 1. The lowest BCUT2D eigenvalue weighted by Crippen LogP contribution is -2.27. The number of hydrogen-bond donors (Lipinski definition) is 1. The van der Waals surface area contributed by atoms with E-state index in [0.29, 0.717) is 17.7 Å². The summed E-state index contributed by atoms with van der Waals surface area (Å²) in [6, 6.07) is 9.03. The summed E-state index contributed by atoms with van der Waals surface area (Å²) in [5.41, 5.74) is 1.99. The molecular weight excluding hydrogens is 343 g/mol. The van der Waals surface area contributed by atoms with Crippen LogP contribution >= 0.6 is 0 Å². The van der Waals surface area contributed by atoms with E-state index in [0.717, 1.165) is 24.2 Å². The maximum atomic E-state index is 13.9. The topological polar surface area (TPSA) is 58.9 Å². The van der Waals surface area contributed by atoms with Crippen LogP contribution in [-0.2, 0) is 0 Å². The second-order valence-corrected chi connectivity index (χ2v) is 6.88. The molecule has 4 rings (SSSR count). The molecule has 1 N–H and O–H groups in total. The average molecular weight is 366 g/mol. The normalized spacial score (nSPS) is 17.3. The molecule has 0 aliphatic carbocycles. The number of hydrogen-bond acceptors (Lipinski definition) is 5. The number of nitrogens with zero attached hydrogens (tertiary/aromatic N) is 5. The molecule has 0 radical (unpaired) electrons. The van der Waals surface area contributed by atoms with Gasteiger partial charge in [0.2, 0.25) is 5.95 Å². The van der Waals surface area contributed by atoms with Crippen molar-refractivity contribution in [2.75, 3.05) is 25.5 Å². The number of likely N-dealkylation sites (tertiary alicyclic amines) is 1. The van der Waals surface area contributed by atoms with E-state index < -0.39 is 0 Å². The zero-order valence-corrected chi connectivity index (χ0v) is 15.3. The van der Waals surface area contributed by atoms with Crippen LogP contribution in [0.5, 0.6) is 0 Å². The van der Waals surface area contributed by atoms with Gasteiger partial charge in [-0.1, -0.05) is 12.1 Å². The highest BCUT2D eigenvalue weighted by Crippen LogP contribution is 2.21. The first-order chi connectivity index (χ1) is 13.2. The highest BCUT2D eigenvalue weighted by Gasteiger charge is 2.20. The zero-order valence-electron chi connectivity index (χ0n) is 15.3. The summed E-state index contributed by atoms with van der Waals surface area (Å²) in [4.78, 5) is 11.3. The largest absolute Gasteiger partial charge is 0.354 e. The molecule has 0 unspecified atom stereocenters. The molecule has 3 aromatic rings. The van der Waals surface area contributed by atoms with E-state index >= 15 is 0 Å². The van der Waals surface area contributed by atoms with Crippen LogP contribution in [0, 0.1) is 5.82 Å². The van der Waals surface area contributed by atoms with Crippen LogP contribution in [0.1, 0.15) is 19.3 Å². The third-order valence-electron chi connectivity index (χ3n) is 5.07. The van der Waals surface area contributed by atoms with Crippen LogP contribution in [0.15, 0.2) is 48.9 Å². The lowest BCUT2D eigenvalue weighted by Gasteiger charge is -2.19. The van der Waals surface area contributed by atoms with Crippen LogP contribution in [0.25, 0.3) is 16.9 Å². The minimum Gasteiger partial charge on any atom is -0.354 e. The van der Waals surface area contributed by atoms with Gasteiger partial charge in [0.15, 0.2) is 0 Å². The van der Waals surface area contributed by atoms with Gasteiger partial charge in [-0.25, -0.2) is 19.0 Å². The summed E-state index contributed by atoms with van der Waals surface area (Å²) in [7, 11) is 2.18. The summed E-state index contributed by atoms with van der Waals surface area (Å²) < 4.78 is 15.5. The Morgan fingerprint density at radius 2 is 2.15 bits per heavy atom. The molecule has 0 spiro atoms. The van der Waals surface area contributed by atoms with Crippen LogP contribution in [0.2, 0.25) is 0 Å². The van der Waals surface area contributed by atoms with Crippen LogP contribution in [0.3, 0.4) is 0 Å². The Labute approximate surface area is 158 Å². The second-order valence-electron chi connectivity index (χ2n) is 6.88. The van der Waals surface area contributed by atoms with Crippen molar-refractivity contribution in [3.63, 3.8) is 0 Å². The van der Waals surface area contributed by atoms with Crippen molar-refractivity contribution in [2.24, 2.45) is 0 Å². The fourth-order valence-electron chi connectivity index (χ4n) is 3.52. The van der Waals surface area contributed by atoms with E-state index in [9.17, 15) is 4.39 Å². The molecule has 1 aromatic carbocycles. The quantitative estimate of drug-likeness (QED) is 0.725. The molecule has 1 saturated heterocycles. The van der Waals surface area contributed by atoms with Crippen LogP contribution in [0.4, 0.5) is 10.3 Å². The standard InChI is InChI=1S/C20H23FN6/c1-26-12-4-5-16(26)8-10-22-20-23-11-9-18(25-20)15-13-24-27(14-15)19-7-3-2-6-17(19)21/h2-3,6-7,9,11,13-14,16H,4-5,8,10,12H2,1H3,(H,22,23,25)/t16-/m0/s1. The number of para-hydroxylation sites is 1. The lowest BCUT2D eigenvalue weighted by atomic mass is 10.1. The number of anilines is 1. The van der Waals surface area contributed by atoms with Crippen LogP contribution < -0.4 is 5.32 Å². The molecule has 1 fully saturated rings. The highest BCUT2D eigenvalue weighted by molar-refractivity contribution is 5.58. The Hall–Kier alpha value is -2.80. The Morgan fingerprint density at radius 3 is 2.96 bits per heavy atom. The summed E-state index contributed by atoms with van der Waals surface area (Å²) in [6.45, 7) is 2.02. The van der Waals surface area contributed by atoms with Gasteiger partial charge in [-0.2, -0.15) is 5.10 Å². The minimum absolute atomic E-state index is 0.311. The van der Waals surface area contributed by atoms with E-state index in [1.807, 2.05) is 6.07 Å². The van der Waals surface area contributed by atoms with Crippen molar-refractivity contribution in [1.29, 1.82) is 0 Å². The van der Waals surface area contributed by atoms with E-state index in [1.165, 1.54) is 30.1 Å². The molecule has 1 aliphatic rings. The summed E-state index contributed by atoms with van der Waals surface area (Å²) in [5, 5.41) is 7.58. The number of benzene rings is 1. The third kappa shape index (κ3) is 3.98. The predicted molar refractivity (Wildman–Crippen MR) is 103 cm³/mol. The highest BCUT2D eigenvalue weighted by atomic mass is 19.1. The molecule has 3 heterocycles. The van der Waals surface area contributed by atoms with Crippen molar-refractivity contribution in [2.45, 2.75) is 25.3 Å². The van der Waals surface area contributed by atoms with Crippen molar-refractivity contribution < 1.29 is 4.39 Å². The Kier molecular flexibility index (Phi) is 5.11. The van der Waals surface area contributed by atoms with E-state index in [4.69, 9.17) is 0 Å². The molecule has 7 heteroatoms. The number of nitrogens with one attached hydrogen (secondary N) is 1. The molecule has 0 amide bonds. The monoisotopic (exact) mass is 366 g/mol. The van der Waals surface area contributed by atoms with Gasteiger partial charge in [-0.3, -0.25) is 0 Å². The second kappa shape index (κ2) is 7.84. The van der Waals surface area contributed by atoms with Crippen molar-refractivity contribution in [1.82, 2.24) is 24.6 Å². The van der Waals surface area contributed by atoms with E-state index in [1.54, 1.807) is 36.8 Å². The smallest absolute Gasteiger partial charge is 0.223 e. The molecule has 1 aliphatic heterocycles. The van der Waals surface area contributed by atoms with Gasteiger partial charge in [0.25, 0.3) is 0 Å². The molecule has 2 aromatic heterocycles. The summed E-state index contributed by atoms with van der Waals surface area (Å²) in [6.07, 6.45) is 8.81. The number of rotatable bonds is 6. The Bertz CT molecular complexity index is 909. The van der Waals surface area contributed by atoms with Crippen LogP contribution in [-0.4, -0.2) is 50.8 Å². The first-order valence-corrected chi connectivity index (χ1v) is 9.28. The van der Waals surface area contributed by atoms with Gasteiger partial charge in [0, 0.05) is 30.5 Å². The van der Waals surface area contributed by atoms with Crippen molar-refractivity contribution in [3.8, 4) is 16.9 Å². The first-order valence-electron chi connectivity index (χ1n) is 9.28. The van der Waals surface area contributed by atoms with E-state index in [2.05, 4.69) is 32.3 Å². The molecule has 27 heavy (non-hydrogen) atoms. The Morgan fingerprint density at radius 1 is 1.26 bits per heavy atom. The van der Waals surface area contributed by atoms with Gasteiger partial charge in [-0.05, 0) is 51.1 Å². The van der Waals surface area contributed by atoms with Crippen molar-refractivity contribution >= 4 is 5.95 Å². The molecule has 0 saturated carbocycles. The van der Waals surface area contributed by atoms with Gasteiger partial charge >= 0.3 is 0 Å². The SMILES string of the molecule is CN1CCC[C@H]1CCNc1nccc(-c2cnn(-c3ccccc3F)c2)n1. The third-order valence-corrected chi connectivity index (χ3v) is 5.07. The lowest BCUT2D eigenvalue weighted by molar-refractivity contribution is 0.301. The maximum absolute atomic E-state index is 13.9. The molecule has 140 valence electrons. The molecule has 1 atom stereocenters. The number of aromatic nitrogens is 4. The van der Waals surface area contributed by atoms with Gasteiger partial charge in [0.05, 0.1) is 11.9 Å². The zero-order chi connectivity index (χ0) is 18.6. The fraction of sp³-hybridized carbons (Fsp3) is 0.350. The van der Waals surface area contributed by atoms with Gasteiger partial charge in [0.1, 0.15) is 11.5 Å². The summed E-state index contributed by atoms with van der Waals surface area (Å²) in [5.74, 6) is 0.292. The molecule has 0 bridgehead atoms. The van der Waals surface area contributed by atoms with Crippen molar-refractivity contribution in [3.05, 3.63) is 54.7 Å². The minimum atomic E-state index is -0.311. The molecule has 6 nitrogen and oxygen atoms in total. The van der Waals surface area contributed by atoms with Gasteiger partial charge in [-0.15, -0.1) is 0 Å². The maximum Gasteiger partial charge on any atom is 0.223 e. The Balaban J connectivity index is 1.44. The molecular formula is C20H23FN6. The first kappa shape index (κ1) is 17.6. The fourth-order valence-corrected chi connectivity index (χ4v) is 3.52. The van der Waals surface area contributed by atoms with E-state index in [-0.39, 0.29) is 5.82 Å². The predicted octanol–water partition coefficient (Wildman–Crippen LogP) is 3.36. The average Bonchev–Trinajstić information content (AvgIpc) is 3.32.